The molecule has 106 valence electrons. The molecule has 0 aliphatic heterocycles. The van der Waals surface area contributed by atoms with Crippen molar-refractivity contribution in [3.63, 3.8) is 0 Å². The van der Waals surface area contributed by atoms with Crippen LogP contribution in [-0.2, 0) is 10.0 Å². The van der Waals surface area contributed by atoms with Gasteiger partial charge < -0.3 is 10.1 Å². The molecule has 0 heterocycles. The average molecular weight is 289 g/mol. The number of nitrogens with two attached hydrogens (primary N) is 1. The normalized spacial score (nSPS) is 11.1. The predicted molar refractivity (Wildman–Crippen MR) is 70.7 cm³/mol. The van der Waals surface area contributed by atoms with Gasteiger partial charge in [-0.05, 0) is 6.92 Å². The first-order valence-electron chi connectivity index (χ1n) is 5.48. The Labute approximate surface area is 110 Å². The van der Waals surface area contributed by atoms with Gasteiger partial charge in [0.25, 0.3) is 5.69 Å². The Morgan fingerprint density at radius 1 is 1.42 bits per heavy atom. The molecule has 0 radical (unpaired) electrons. The third-order valence-electron chi connectivity index (χ3n) is 2.13. The van der Waals surface area contributed by atoms with Crippen molar-refractivity contribution in [3.8, 4) is 5.75 Å². The van der Waals surface area contributed by atoms with Crippen molar-refractivity contribution in [1.29, 1.82) is 0 Å². The Hall–Kier alpha value is -1.87. The Morgan fingerprint density at radius 3 is 2.63 bits per heavy atom. The van der Waals surface area contributed by atoms with Gasteiger partial charge in [-0.1, -0.05) is 0 Å². The summed E-state index contributed by atoms with van der Waals surface area (Å²) in [7, 11) is -3.57. The van der Waals surface area contributed by atoms with Crippen LogP contribution in [0.3, 0.4) is 0 Å². The van der Waals surface area contributed by atoms with Crippen LogP contribution in [-0.4, -0.2) is 32.2 Å². The molecule has 19 heavy (non-hydrogen) atoms. The van der Waals surface area contributed by atoms with E-state index in [0.29, 0.717) is 18.0 Å². The third-order valence-corrected chi connectivity index (χ3v) is 2.90. The molecule has 0 saturated heterocycles. The molecular weight excluding hydrogens is 274 g/mol. The van der Waals surface area contributed by atoms with E-state index < -0.39 is 14.9 Å². The maximum absolute atomic E-state index is 10.8. The number of rotatable bonds is 7. The number of non-ortho nitro benzene ring substituents is 1. The van der Waals surface area contributed by atoms with Crippen LogP contribution in [0.2, 0.25) is 0 Å². The van der Waals surface area contributed by atoms with Crippen molar-refractivity contribution in [2.24, 2.45) is 5.14 Å². The Kier molecular flexibility index (Phi) is 5.07. The van der Waals surface area contributed by atoms with Crippen LogP contribution < -0.4 is 15.2 Å². The fourth-order valence-electron chi connectivity index (χ4n) is 1.38. The van der Waals surface area contributed by atoms with E-state index in [9.17, 15) is 18.5 Å². The van der Waals surface area contributed by atoms with Crippen LogP contribution in [0.25, 0.3) is 0 Å². The number of hydrogen-bond acceptors (Lipinski definition) is 6. The summed E-state index contributed by atoms with van der Waals surface area (Å²) in [6, 6.07) is 4.15. The van der Waals surface area contributed by atoms with E-state index in [1.54, 1.807) is 13.0 Å². The van der Waals surface area contributed by atoms with E-state index in [1.807, 2.05) is 0 Å². The maximum atomic E-state index is 10.8. The molecule has 0 fully saturated rings. The lowest BCUT2D eigenvalue weighted by Crippen LogP contribution is -2.22. The Balaban J connectivity index is 2.84. The summed E-state index contributed by atoms with van der Waals surface area (Å²) in [5, 5.41) is 18.4. The second-order valence-electron chi connectivity index (χ2n) is 3.70. The lowest BCUT2D eigenvalue weighted by Gasteiger charge is -2.08. The van der Waals surface area contributed by atoms with Gasteiger partial charge in [0.1, 0.15) is 5.75 Å². The number of primary sulfonamides is 1. The van der Waals surface area contributed by atoms with E-state index in [0.717, 1.165) is 0 Å². The van der Waals surface area contributed by atoms with E-state index in [-0.39, 0.29) is 18.0 Å². The molecule has 1 aromatic carbocycles. The number of benzene rings is 1. The first-order chi connectivity index (χ1) is 8.81. The first kappa shape index (κ1) is 15.2. The molecule has 0 unspecified atom stereocenters. The highest BCUT2D eigenvalue weighted by Crippen LogP contribution is 2.25. The molecule has 0 aromatic heterocycles. The van der Waals surface area contributed by atoms with Gasteiger partial charge in [0.15, 0.2) is 0 Å². The molecule has 0 atom stereocenters. The number of anilines is 1. The van der Waals surface area contributed by atoms with Gasteiger partial charge in [0.2, 0.25) is 10.0 Å². The number of hydrogen-bond donors (Lipinski definition) is 2. The molecule has 0 spiro atoms. The lowest BCUT2D eigenvalue weighted by atomic mass is 10.2. The Morgan fingerprint density at radius 2 is 2.11 bits per heavy atom. The van der Waals surface area contributed by atoms with Gasteiger partial charge in [-0.3, -0.25) is 10.1 Å². The van der Waals surface area contributed by atoms with E-state index >= 15 is 0 Å². The van der Waals surface area contributed by atoms with Crippen molar-refractivity contribution in [2.45, 2.75) is 6.92 Å². The number of nitrogens with zero attached hydrogens (tertiary/aromatic N) is 1. The third kappa shape index (κ3) is 5.53. The molecule has 0 bridgehead atoms. The number of nitro groups is 1. The van der Waals surface area contributed by atoms with Crippen molar-refractivity contribution in [2.75, 3.05) is 24.2 Å². The fraction of sp³-hybridized carbons (Fsp3) is 0.400. The van der Waals surface area contributed by atoms with Crippen LogP contribution in [0.5, 0.6) is 5.75 Å². The minimum atomic E-state index is -3.57. The average Bonchev–Trinajstić information content (AvgIpc) is 2.27. The van der Waals surface area contributed by atoms with E-state index in [2.05, 4.69) is 5.32 Å². The molecule has 8 nitrogen and oxygen atoms in total. The molecular formula is C10H15N3O5S. The molecule has 1 rings (SSSR count). The zero-order valence-electron chi connectivity index (χ0n) is 10.3. The van der Waals surface area contributed by atoms with Crippen LogP contribution in [0.1, 0.15) is 6.92 Å². The van der Waals surface area contributed by atoms with Crippen molar-refractivity contribution in [1.82, 2.24) is 0 Å². The number of nitrogens with one attached hydrogen (secondary N) is 1. The highest BCUT2D eigenvalue weighted by Gasteiger charge is 2.11. The van der Waals surface area contributed by atoms with Crippen LogP contribution in [0.15, 0.2) is 18.2 Å². The number of nitro benzene ring substituents is 1. The van der Waals surface area contributed by atoms with Gasteiger partial charge in [-0.2, -0.15) is 0 Å². The van der Waals surface area contributed by atoms with Gasteiger partial charge in [0, 0.05) is 24.4 Å². The summed E-state index contributed by atoms with van der Waals surface area (Å²) in [4.78, 5) is 10.2. The van der Waals surface area contributed by atoms with Crippen LogP contribution >= 0.6 is 0 Å². The van der Waals surface area contributed by atoms with Crippen LogP contribution in [0.4, 0.5) is 11.4 Å². The van der Waals surface area contributed by atoms with Gasteiger partial charge in [0.05, 0.1) is 23.3 Å². The topological polar surface area (TPSA) is 125 Å². The van der Waals surface area contributed by atoms with E-state index in [1.165, 1.54) is 12.1 Å². The molecule has 0 amide bonds. The first-order valence-corrected chi connectivity index (χ1v) is 7.20. The largest absolute Gasteiger partial charge is 0.494 e. The van der Waals surface area contributed by atoms with Gasteiger partial charge >= 0.3 is 0 Å². The van der Waals surface area contributed by atoms with E-state index in [4.69, 9.17) is 9.88 Å². The molecule has 3 N–H and O–H groups in total. The molecule has 0 saturated carbocycles. The summed E-state index contributed by atoms with van der Waals surface area (Å²) in [6.07, 6.45) is 0. The van der Waals surface area contributed by atoms with Gasteiger partial charge in [-0.15, -0.1) is 0 Å². The van der Waals surface area contributed by atoms with Crippen molar-refractivity contribution >= 4 is 21.4 Å². The predicted octanol–water partition coefficient (Wildman–Crippen LogP) is 0.694. The monoisotopic (exact) mass is 289 g/mol. The van der Waals surface area contributed by atoms with Crippen molar-refractivity contribution in [3.05, 3.63) is 28.3 Å². The summed E-state index contributed by atoms with van der Waals surface area (Å²) in [6.45, 7) is 2.19. The zero-order valence-corrected chi connectivity index (χ0v) is 11.1. The number of sulfonamides is 1. The van der Waals surface area contributed by atoms with Gasteiger partial charge in [-0.25, -0.2) is 13.6 Å². The number of ether oxygens (including phenoxy) is 1. The second kappa shape index (κ2) is 6.34. The Bertz CT molecular complexity index is 558. The maximum Gasteiger partial charge on any atom is 0.275 e. The molecule has 9 heteroatoms. The lowest BCUT2D eigenvalue weighted by molar-refractivity contribution is -0.384. The highest BCUT2D eigenvalue weighted by molar-refractivity contribution is 7.89. The quantitative estimate of drug-likeness (QED) is 0.562. The van der Waals surface area contributed by atoms with Crippen LogP contribution in [0, 0.1) is 10.1 Å². The molecule has 0 aliphatic rings. The molecule has 1 aromatic rings. The fourth-order valence-corrected chi connectivity index (χ4v) is 1.77. The standard InChI is InChI=1S/C10H15N3O5S/c1-2-18-10-6-8(5-9(7-10)13(14)15)12-3-4-19(11,16)17/h5-7,12H,2-4H2,1H3,(H2,11,16,17). The minimum absolute atomic E-state index is 0.0611. The summed E-state index contributed by atoms with van der Waals surface area (Å²) < 4.78 is 26.7. The highest BCUT2D eigenvalue weighted by atomic mass is 32.2. The SMILES string of the molecule is CCOc1cc(NCCS(N)(=O)=O)cc([N+](=O)[O-])c1. The summed E-state index contributed by atoms with van der Waals surface area (Å²) in [5.41, 5.74) is 0.269. The zero-order chi connectivity index (χ0) is 14.5. The smallest absolute Gasteiger partial charge is 0.275 e. The van der Waals surface area contributed by atoms with Crippen molar-refractivity contribution < 1.29 is 18.1 Å². The molecule has 0 aliphatic carbocycles. The minimum Gasteiger partial charge on any atom is -0.494 e. The summed E-state index contributed by atoms with van der Waals surface area (Å²) in [5.74, 6) is 0.0782. The second-order valence-corrected chi connectivity index (χ2v) is 5.43. The summed E-state index contributed by atoms with van der Waals surface area (Å²) >= 11 is 0.